The van der Waals surface area contributed by atoms with Gasteiger partial charge in [0, 0.05) is 37.3 Å². The Bertz CT molecular complexity index is 600. The van der Waals surface area contributed by atoms with E-state index in [0.29, 0.717) is 50.1 Å². The van der Waals surface area contributed by atoms with Crippen molar-refractivity contribution in [3.8, 4) is 0 Å². The van der Waals surface area contributed by atoms with Crippen LogP contribution in [-0.4, -0.2) is 58.9 Å². The maximum absolute atomic E-state index is 12.5. The Labute approximate surface area is 142 Å². The number of aliphatic carboxylic acids is 1. The molecule has 0 aromatic heterocycles. The Morgan fingerprint density at radius 2 is 1.54 bits per heavy atom. The van der Waals surface area contributed by atoms with Crippen LogP contribution < -0.4 is 0 Å². The molecule has 0 spiro atoms. The van der Waals surface area contributed by atoms with Crippen LogP contribution >= 0.6 is 0 Å². The third-order valence-electron chi connectivity index (χ3n) is 4.56. The Morgan fingerprint density at radius 1 is 1.04 bits per heavy atom. The Morgan fingerprint density at radius 3 is 2.00 bits per heavy atom. The minimum absolute atomic E-state index is 0.0405. The van der Waals surface area contributed by atoms with Crippen molar-refractivity contribution < 1.29 is 19.5 Å². The number of likely N-dealkylation sites (tertiary alicyclic amines) is 1. The van der Waals surface area contributed by atoms with Crippen LogP contribution in [-0.2, 0) is 4.79 Å². The molecular formula is C18H24N2O4. The Balaban J connectivity index is 2.02. The molecule has 0 aliphatic carbocycles. The average Bonchev–Trinajstić information content (AvgIpc) is 2.62. The van der Waals surface area contributed by atoms with Gasteiger partial charge in [-0.25, -0.2) is 0 Å². The first-order chi connectivity index (χ1) is 11.5. The third kappa shape index (κ3) is 3.93. The van der Waals surface area contributed by atoms with Crippen LogP contribution in [0.3, 0.4) is 0 Å². The smallest absolute Gasteiger partial charge is 0.306 e. The van der Waals surface area contributed by atoms with Crippen LogP contribution in [0.25, 0.3) is 0 Å². The van der Waals surface area contributed by atoms with Crippen LogP contribution in [0, 0.1) is 5.92 Å². The van der Waals surface area contributed by atoms with Gasteiger partial charge in [0.25, 0.3) is 11.8 Å². The SMILES string of the molecule is CCN(CC)C(=O)c1ccc(C(=O)N2CCC(C(=O)O)CC2)cc1. The van der Waals surface area contributed by atoms with E-state index in [-0.39, 0.29) is 17.7 Å². The van der Waals surface area contributed by atoms with E-state index >= 15 is 0 Å². The first-order valence-electron chi connectivity index (χ1n) is 8.39. The number of hydrogen-bond donors (Lipinski definition) is 1. The summed E-state index contributed by atoms with van der Waals surface area (Å²) >= 11 is 0. The van der Waals surface area contributed by atoms with Crippen molar-refractivity contribution in [2.45, 2.75) is 26.7 Å². The minimum Gasteiger partial charge on any atom is -0.481 e. The summed E-state index contributed by atoms with van der Waals surface area (Å²) in [6, 6.07) is 6.69. The fraction of sp³-hybridized carbons (Fsp3) is 0.500. The van der Waals surface area contributed by atoms with Crippen molar-refractivity contribution >= 4 is 17.8 Å². The molecule has 0 atom stereocenters. The zero-order valence-corrected chi connectivity index (χ0v) is 14.2. The molecule has 1 saturated heterocycles. The molecule has 1 fully saturated rings. The highest BCUT2D eigenvalue weighted by atomic mass is 16.4. The predicted molar refractivity (Wildman–Crippen MR) is 90.0 cm³/mol. The molecule has 1 aliphatic heterocycles. The van der Waals surface area contributed by atoms with E-state index in [0.717, 1.165) is 0 Å². The quantitative estimate of drug-likeness (QED) is 0.896. The predicted octanol–water partition coefficient (Wildman–Crippen LogP) is 2.11. The Kier molecular flexibility index (Phi) is 5.95. The number of amides is 2. The second-order valence-electron chi connectivity index (χ2n) is 5.96. The topological polar surface area (TPSA) is 77.9 Å². The first kappa shape index (κ1) is 18.0. The summed E-state index contributed by atoms with van der Waals surface area (Å²) < 4.78 is 0. The van der Waals surface area contributed by atoms with Crippen molar-refractivity contribution in [3.05, 3.63) is 35.4 Å². The summed E-state index contributed by atoms with van der Waals surface area (Å²) in [5, 5.41) is 9.01. The summed E-state index contributed by atoms with van der Waals surface area (Å²) in [5.41, 5.74) is 1.10. The number of benzene rings is 1. The van der Waals surface area contributed by atoms with Gasteiger partial charge in [0.1, 0.15) is 0 Å². The molecule has 2 rings (SSSR count). The van der Waals surface area contributed by atoms with Gasteiger partial charge in [0.2, 0.25) is 0 Å². The molecular weight excluding hydrogens is 308 g/mol. The zero-order valence-electron chi connectivity index (χ0n) is 14.2. The van der Waals surface area contributed by atoms with E-state index in [1.807, 2.05) is 13.8 Å². The van der Waals surface area contributed by atoms with Crippen LogP contribution in [0.5, 0.6) is 0 Å². The molecule has 130 valence electrons. The van der Waals surface area contributed by atoms with Crippen molar-refractivity contribution in [3.63, 3.8) is 0 Å². The molecule has 1 aromatic carbocycles. The van der Waals surface area contributed by atoms with Gasteiger partial charge in [0.15, 0.2) is 0 Å². The van der Waals surface area contributed by atoms with E-state index in [9.17, 15) is 14.4 Å². The zero-order chi connectivity index (χ0) is 17.7. The second-order valence-corrected chi connectivity index (χ2v) is 5.96. The molecule has 0 radical (unpaired) electrons. The van der Waals surface area contributed by atoms with E-state index in [1.165, 1.54) is 0 Å². The number of rotatable bonds is 5. The van der Waals surface area contributed by atoms with Crippen molar-refractivity contribution in [2.75, 3.05) is 26.2 Å². The number of nitrogens with zero attached hydrogens (tertiary/aromatic N) is 2. The third-order valence-corrected chi connectivity index (χ3v) is 4.56. The number of carboxylic acids is 1. The van der Waals surface area contributed by atoms with Crippen LogP contribution in [0.4, 0.5) is 0 Å². The molecule has 1 N–H and O–H groups in total. The number of carbonyl (C=O) groups excluding carboxylic acids is 2. The number of piperidine rings is 1. The number of carboxylic acid groups (broad SMARTS) is 1. The molecule has 0 bridgehead atoms. The summed E-state index contributed by atoms with van der Waals surface area (Å²) in [7, 11) is 0. The summed E-state index contributed by atoms with van der Waals surface area (Å²) in [5.74, 6) is -1.30. The molecule has 1 aromatic rings. The molecule has 24 heavy (non-hydrogen) atoms. The number of hydrogen-bond acceptors (Lipinski definition) is 3. The van der Waals surface area contributed by atoms with Gasteiger partial charge in [-0.15, -0.1) is 0 Å². The molecule has 2 amide bonds. The van der Waals surface area contributed by atoms with E-state index in [4.69, 9.17) is 5.11 Å². The fourth-order valence-corrected chi connectivity index (χ4v) is 2.96. The molecule has 0 saturated carbocycles. The van der Waals surface area contributed by atoms with Gasteiger partial charge < -0.3 is 14.9 Å². The largest absolute Gasteiger partial charge is 0.481 e. The normalized spacial score (nSPS) is 15.2. The minimum atomic E-state index is -0.790. The van der Waals surface area contributed by atoms with Gasteiger partial charge in [-0.05, 0) is 51.0 Å². The van der Waals surface area contributed by atoms with Gasteiger partial charge in [-0.2, -0.15) is 0 Å². The Hall–Kier alpha value is -2.37. The summed E-state index contributed by atoms with van der Waals surface area (Å²) in [4.78, 5) is 39.1. The lowest BCUT2D eigenvalue weighted by molar-refractivity contribution is -0.143. The summed E-state index contributed by atoms with van der Waals surface area (Å²) in [6.07, 6.45) is 0.971. The number of carbonyl (C=O) groups is 3. The maximum Gasteiger partial charge on any atom is 0.306 e. The van der Waals surface area contributed by atoms with Gasteiger partial charge in [-0.1, -0.05) is 0 Å². The maximum atomic E-state index is 12.5. The lowest BCUT2D eigenvalue weighted by atomic mass is 9.96. The molecule has 6 nitrogen and oxygen atoms in total. The monoisotopic (exact) mass is 332 g/mol. The van der Waals surface area contributed by atoms with Crippen molar-refractivity contribution in [1.82, 2.24) is 9.80 Å². The van der Waals surface area contributed by atoms with Crippen molar-refractivity contribution in [1.29, 1.82) is 0 Å². The lowest BCUT2D eigenvalue weighted by Crippen LogP contribution is -2.40. The van der Waals surface area contributed by atoms with Gasteiger partial charge in [0.05, 0.1) is 5.92 Å². The second kappa shape index (κ2) is 7.95. The lowest BCUT2D eigenvalue weighted by Gasteiger charge is -2.30. The van der Waals surface area contributed by atoms with E-state index < -0.39 is 5.97 Å². The highest BCUT2D eigenvalue weighted by Crippen LogP contribution is 2.19. The van der Waals surface area contributed by atoms with Crippen LogP contribution in [0.1, 0.15) is 47.4 Å². The van der Waals surface area contributed by atoms with Crippen molar-refractivity contribution in [2.24, 2.45) is 5.92 Å². The summed E-state index contributed by atoms with van der Waals surface area (Å²) in [6.45, 7) is 6.06. The van der Waals surface area contributed by atoms with E-state index in [1.54, 1.807) is 34.1 Å². The molecule has 1 heterocycles. The van der Waals surface area contributed by atoms with Crippen LogP contribution in [0.15, 0.2) is 24.3 Å². The van der Waals surface area contributed by atoms with Crippen LogP contribution in [0.2, 0.25) is 0 Å². The molecule has 1 aliphatic rings. The highest BCUT2D eigenvalue weighted by Gasteiger charge is 2.27. The molecule has 6 heteroatoms. The van der Waals surface area contributed by atoms with E-state index in [2.05, 4.69) is 0 Å². The average molecular weight is 332 g/mol. The standard InChI is InChI=1S/C18H24N2O4/c1-3-19(4-2)16(21)13-5-7-14(8-6-13)17(22)20-11-9-15(10-12-20)18(23)24/h5-8,15H,3-4,9-12H2,1-2H3,(H,23,24). The fourth-order valence-electron chi connectivity index (χ4n) is 2.96. The van der Waals surface area contributed by atoms with Gasteiger partial charge in [-0.3, -0.25) is 14.4 Å². The molecule has 0 unspecified atom stereocenters. The highest BCUT2D eigenvalue weighted by molar-refractivity contribution is 5.98. The first-order valence-corrected chi connectivity index (χ1v) is 8.39. The van der Waals surface area contributed by atoms with Gasteiger partial charge >= 0.3 is 5.97 Å².